The van der Waals surface area contributed by atoms with Crippen molar-refractivity contribution in [2.75, 3.05) is 30.3 Å². The summed E-state index contributed by atoms with van der Waals surface area (Å²) in [6.07, 6.45) is 4.02. The molecule has 1 rings (SSSR count). The van der Waals surface area contributed by atoms with E-state index in [1.165, 1.54) is 0 Å². The highest BCUT2D eigenvalue weighted by Gasteiger charge is 2.08. The average molecular weight is 306 g/mol. The van der Waals surface area contributed by atoms with Crippen LogP contribution in [-0.4, -0.2) is 29.8 Å². The van der Waals surface area contributed by atoms with Gasteiger partial charge >= 0.3 is 0 Å². The van der Waals surface area contributed by atoms with E-state index in [0.29, 0.717) is 21.7 Å². The van der Waals surface area contributed by atoms with Gasteiger partial charge in [0.05, 0.1) is 10.0 Å². The first-order chi connectivity index (χ1) is 9.19. The lowest BCUT2D eigenvalue weighted by atomic mass is 10.2. The molecule has 0 saturated carbocycles. The van der Waals surface area contributed by atoms with E-state index in [9.17, 15) is 0 Å². The van der Waals surface area contributed by atoms with Gasteiger partial charge in [-0.25, -0.2) is 4.98 Å². The molecule has 0 atom stereocenters. The van der Waals surface area contributed by atoms with Crippen LogP contribution in [0.3, 0.4) is 0 Å². The van der Waals surface area contributed by atoms with Gasteiger partial charge in [-0.1, -0.05) is 36.0 Å². The molecule has 0 unspecified atom stereocenters. The van der Waals surface area contributed by atoms with Gasteiger partial charge in [-0.3, -0.25) is 0 Å². The molecule has 3 N–H and O–H groups in total. The number of pyridine rings is 1. The van der Waals surface area contributed by atoms with E-state index >= 15 is 0 Å². The van der Waals surface area contributed by atoms with Crippen LogP contribution in [0.15, 0.2) is 6.07 Å². The van der Waals surface area contributed by atoms with E-state index in [0.717, 1.165) is 38.8 Å². The summed E-state index contributed by atoms with van der Waals surface area (Å²) in [6.45, 7) is 3.82. The molecule has 0 fully saturated rings. The van der Waals surface area contributed by atoms with Gasteiger partial charge < -0.3 is 15.7 Å². The molecule has 6 heteroatoms. The van der Waals surface area contributed by atoms with E-state index in [-0.39, 0.29) is 6.61 Å². The number of halogens is 2. The Morgan fingerprint density at radius 1 is 1.05 bits per heavy atom. The molecule has 19 heavy (non-hydrogen) atoms. The number of aromatic nitrogens is 1. The summed E-state index contributed by atoms with van der Waals surface area (Å²) in [5.74, 6) is 1.31. The molecule has 0 radical (unpaired) electrons. The molecular formula is C13H21Cl2N3O. The SMILES string of the molecule is CCNc1nc(NCCCCCCO)c(Cl)cc1Cl. The molecule has 1 aromatic heterocycles. The zero-order valence-corrected chi connectivity index (χ0v) is 12.7. The van der Waals surface area contributed by atoms with Crippen LogP contribution in [0.2, 0.25) is 10.0 Å². The van der Waals surface area contributed by atoms with Crippen molar-refractivity contribution in [3.63, 3.8) is 0 Å². The molecule has 0 aromatic carbocycles. The van der Waals surface area contributed by atoms with Crippen molar-refractivity contribution in [2.45, 2.75) is 32.6 Å². The number of rotatable bonds is 9. The van der Waals surface area contributed by atoms with Gasteiger partial charge in [-0.2, -0.15) is 0 Å². The molecule has 0 amide bonds. The van der Waals surface area contributed by atoms with Crippen LogP contribution in [0.1, 0.15) is 32.6 Å². The average Bonchev–Trinajstić information content (AvgIpc) is 2.38. The summed E-state index contributed by atoms with van der Waals surface area (Å²) in [5.41, 5.74) is 0. The van der Waals surface area contributed by atoms with E-state index in [1.807, 2.05) is 6.92 Å². The third-order valence-corrected chi connectivity index (χ3v) is 3.23. The Labute approximate surface area is 124 Å². The third-order valence-electron chi connectivity index (χ3n) is 2.65. The molecule has 108 valence electrons. The van der Waals surface area contributed by atoms with Crippen molar-refractivity contribution in [2.24, 2.45) is 0 Å². The van der Waals surface area contributed by atoms with Crippen molar-refractivity contribution < 1.29 is 5.11 Å². The maximum atomic E-state index is 8.68. The molecule has 4 nitrogen and oxygen atoms in total. The smallest absolute Gasteiger partial charge is 0.147 e. The fraction of sp³-hybridized carbons (Fsp3) is 0.615. The first kappa shape index (κ1) is 16.3. The molecule has 0 aliphatic rings. The predicted molar refractivity (Wildman–Crippen MR) is 82.5 cm³/mol. The third kappa shape index (κ3) is 5.85. The largest absolute Gasteiger partial charge is 0.396 e. The van der Waals surface area contributed by atoms with E-state index in [1.54, 1.807) is 6.07 Å². The zero-order valence-electron chi connectivity index (χ0n) is 11.2. The standard InChI is InChI=1S/C13H21Cl2N3O/c1-2-16-12-10(14)9-11(15)13(18-12)17-7-5-3-4-6-8-19/h9,19H,2-8H2,1H3,(H2,16,17,18). The minimum Gasteiger partial charge on any atom is -0.396 e. The van der Waals surface area contributed by atoms with Crippen LogP contribution in [0.4, 0.5) is 11.6 Å². The summed E-state index contributed by atoms with van der Waals surface area (Å²) in [4.78, 5) is 4.37. The number of nitrogens with one attached hydrogen (secondary N) is 2. The fourth-order valence-electron chi connectivity index (χ4n) is 1.68. The number of nitrogens with zero attached hydrogens (tertiary/aromatic N) is 1. The molecule has 1 heterocycles. The van der Waals surface area contributed by atoms with Crippen LogP contribution < -0.4 is 10.6 Å². The normalized spacial score (nSPS) is 10.5. The van der Waals surface area contributed by atoms with Gasteiger partial charge in [-0.05, 0) is 25.8 Å². The summed E-state index contributed by atoms with van der Waals surface area (Å²) >= 11 is 12.1. The number of anilines is 2. The Bertz CT molecular complexity index is 388. The molecule has 0 spiro atoms. The summed E-state index contributed by atoms with van der Waals surface area (Å²) in [6, 6.07) is 1.70. The van der Waals surface area contributed by atoms with Crippen LogP contribution in [0.5, 0.6) is 0 Å². The van der Waals surface area contributed by atoms with E-state index < -0.39 is 0 Å². The van der Waals surface area contributed by atoms with E-state index in [2.05, 4.69) is 15.6 Å². The Kier molecular flexibility index (Phi) is 7.94. The molecule has 0 aliphatic heterocycles. The minimum atomic E-state index is 0.268. The van der Waals surface area contributed by atoms with Crippen molar-refractivity contribution in [3.8, 4) is 0 Å². The van der Waals surface area contributed by atoms with Gasteiger partial charge in [0.15, 0.2) is 0 Å². The lowest BCUT2D eigenvalue weighted by Crippen LogP contribution is -2.07. The second kappa shape index (κ2) is 9.23. The Hall–Kier alpha value is -0.710. The second-order valence-electron chi connectivity index (χ2n) is 4.24. The van der Waals surface area contributed by atoms with Crippen LogP contribution >= 0.6 is 23.2 Å². The first-order valence-corrected chi connectivity index (χ1v) is 7.39. The maximum absolute atomic E-state index is 8.68. The summed E-state index contributed by atoms with van der Waals surface area (Å²) in [7, 11) is 0. The number of hydrogen-bond donors (Lipinski definition) is 3. The number of aliphatic hydroxyl groups excluding tert-OH is 1. The van der Waals surface area contributed by atoms with Crippen molar-refractivity contribution in [1.82, 2.24) is 4.98 Å². The quantitative estimate of drug-likeness (QED) is 0.608. The summed E-state index contributed by atoms with van der Waals surface area (Å²) < 4.78 is 0. The molecule has 0 saturated heterocycles. The van der Waals surface area contributed by atoms with E-state index in [4.69, 9.17) is 28.3 Å². The van der Waals surface area contributed by atoms with Gasteiger partial charge in [0, 0.05) is 19.7 Å². The van der Waals surface area contributed by atoms with Crippen LogP contribution in [-0.2, 0) is 0 Å². The highest BCUT2D eigenvalue weighted by molar-refractivity contribution is 6.37. The molecular weight excluding hydrogens is 285 g/mol. The monoisotopic (exact) mass is 305 g/mol. The zero-order chi connectivity index (χ0) is 14.1. The highest BCUT2D eigenvalue weighted by Crippen LogP contribution is 2.29. The number of hydrogen-bond acceptors (Lipinski definition) is 4. The van der Waals surface area contributed by atoms with Gasteiger partial charge in [0.1, 0.15) is 11.6 Å². The van der Waals surface area contributed by atoms with Gasteiger partial charge in [0.25, 0.3) is 0 Å². The second-order valence-corrected chi connectivity index (χ2v) is 5.06. The highest BCUT2D eigenvalue weighted by atomic mass is 35.5. The predicted octanol–water partition coefficient (Wildman–Crippen LogP) is 3.78. The fourth-order valence-corrected chi connectivity index (χ4v) is 2.17. The van der Waals surface area contributed by atoms with Gasteiger partial charge in [0.2, 0.25) is 0 Å². The van der Waals surface area contributed by atoms with Gasteiger partial charge in [-0.15, -0.1) is 0 Å². The van der Waals surface area contributed by atoms with Crippen LogP contribution in [0, 0.1) is 0 Å². The van der Waals surface area contributed by atoms with Crippen molar-refractivity contribution in [3.05, 3.63) is 16.1 Å². The number of unbranched alkanes of at least 4 members (excludes halogenated alkanes) is 3. The summed E-state index contributed by atoms with van der Waals surface area (Å²) in [5, 5.41) is 16.0. The Morgan fingerprint density at radius 3 is 2.32 bits per heavy atom. The Balaban J connectivity index is 2.46. The lowest BCUT2D eigenvalue weighted by molar-refractivity contribution is 0.283. The van der Waals surface area contributed by atoms with Crippen molar-refractivity contribution in [1.29, 1.82) is 0 Å². The minimum absolute atomic E-state index is 0.268. The first-order valence-electron chi connectivity index (χ1n) is 6.63. The Morgan fingerprint density at radius 2 is 1.68 bits per heavy atom. The topological polar surface area (TPSA) is 57.2 Å². The van der Waals surface area contributed by atoms with Crippen LogP contribution in [0.25, 0.3) is 0 Å². The lowest BCUT2D eigenvalue weighted by Gasteiger charge is -2.11. The van der Waals surface area contributed by atoms with Crippen molar-refractivity contribution >= 4 is 34.8 Å². The molecule has 1 aromatic rings. The number of aliphatic hydroxyl groups is 1. The molecule has 0 aliphatic carbocycles. The molecule has 0 bridgehead atoms. The maximum Gasteiger partial charge on any atom is 0.147 e.